The molecule has 1 saturated carbocycles. The Kier molecular flexibility index (Phi) is 3.70. The second kappa shape index (κ2) is 4.95. The lowest BCUT2D eigenvalue weighted by Gasteiger charge is -2.34. The van der Waals surface area contributed by atoms with Crippen LogP contribution in [0.25, 0.3) is 0 Å². The Labute approximate surface area is 106 Å². The van der Waals surface area contributed by atoms with Crippen molar-refractivity contribution < 1.29 is 17.9 Å². The molecule has 4 nitrogen and oxygen atoms in total. The van der Waals surface area contributed by atoms with Crippen molar-refractivity contribution in [3.63, 3.8) is 0 Å². The van der Waals surface area contributed by atoms with Crippen molar-refractivity contribution in [2.45, 2.75) is 30.7 Å². The number of hydrogen-bond acceptors (Lipinski definition) is 3. The molecule has 0 unspecified atom stereocenters. The van der Waals surface area contributed by atoms with E-state index in [1.807, 2.05) is 0 Å². The minimum absolute atomic E-state index is 0.0666. The summed E-state index contributed by atoms with van der Waals surface area (Å²) in [6, 6.07) is 3.84. The highest BCUT2D eigenvalue weighted by Gasteiger charge is 2.32. The molecule has 1 aromatic carbocycles. The van der Waals surface area contributed by atoms with Gasteiger partial charge in [-0.1, -0.05) is 6.07 Å². The molecule has 18 heavy (non-hydrogen) atoms. The molecule has 0 bridgehead atoms. The van der Waals surface area contributed by atoms with Crippen LogP contribution in [-0.4, -0.2) is 26.2 Å². The third-order valence-electron chi connectivity index (χ3n) is 3.19. The van der Waals surface area contributed by atoms with Gasteiger partial charge in [-0.25, -0.2) is 17.5 Å². The maximum absolute atomic E-state index is 13.6. The molecule has 1 fully saturated rings. The number of nitrogens with one attached hydrogen (secondary N) is 1. The van der Waals surface area contributed by atoms with Crippen LogP contribution in [0, 0.1) is 18.7 Å². The SMILES string of the molecule is Cc1ccc(S(=O)(=O)NC2CC(CO)C2)c(F)c1. The first-order valence-corrected chi connectivity index (χ1v) is 7.30. The van der Waals surface area contributed by atoms with Gasteiger partial charge in [0.05, 0.1) is 0 Å². The van der Waals surface area contributed by atoms with E-state index in [0.29, 0.717) is 18.4 Å². The van der Waals surface area contributed by atoms with E-state index in [1.54, 1.807) is 13.0 Å². The molecule has 0 amide bonds. The lowest BCUT2D eigenvalue weighted by Crippen LogP contribution is -2.45. The summed E-state index contributed by atoms with van der Waals surface area (Å²) in [6.45, 7) is 1.77. The quantitative estimate of drug-likeness (QED) is 0.866. The molecule has 1 aliphatic carbocycles. The molecule has 1 aromatic rings. The molecule has 0 saturated heterocycles. The maximum Gasteiger partial charge on any atom is 0.243 e. The molecule has 100 valence electrons. The van der Waals surface area contributed by atoms with Crippen molar-refractivity contribution in [1.82, 2.24) is 4.72 Å². The molecule has 0 spiro atoms. The Balaban J connectivity index is 2.11. The van der Waals surface area contributed by atoms with Gasteiger partial charge in [0.25, 0.3) is 0 Å². The summed E-state index contributed by atoms with van der Waals surface area (Å²) in [6.07, 6.45) is 1.20. The molecule has 1 aliphatic rings. The zero-order valence-electron chi connectivity index (χ0n) is 10.1. The summed E-state index contributed by atoms with van der Waals surface area (Å²) in [7, 11) is -3.81. The highest BCUT2D eigenvalue weighted by atomic mass is 32.2. The van der Waals surface area contributed by atoms with Gasteiger partial charge in [0.2, 0.25) is 10.0 Å². The molecule has 0 atom stereocenters. The van der Waals surface area contributed by atoms with Crippen molar-refractivity contribution in [3.05, 3.63) is 29.6 Å². The van der Waals surface area contributed by atoms with Crippen LogP contribution in [0.3, 0.4) is 0 Å². The summed E-state index contributed by atoms with van der Waals surface area (Å²) >= 11 is 0. The molecule has 0 aliphatic heterocycles. The molecular formula is C12H16FNO3S. The summed E-state index contributed by atoms with van der Waals surface area (Å²) in [4.78, 5) is -0.319. The average Bonchev–Trinajstić information content (AvgIpc) is 2.22. The van der Waals surface area contributed by atoms with Gasteiger partial charge in [-0.3, -0.25) is 0 Å². The van der Waals surface area contributed by atoms with E-state index in [2.05, 4.69) is 4.72 Å². The Morgan fingerprint density at radius 2 is 2.11 bits per heavy atom. The van der Waals surface area contributed by atoms with Gasteiger partial charge < -0.3 is 5.11 Å². The maximum atomic E-state index is 13.6. The molecule has 6 heteroatoms. The Morgan fingerprint density at radius 3 is 2.67 bits per heavy atom. The highest BCUT2D eigenvalue weighted by molar-refractivity contribution is 7.89. The summed E-state index contributed by atoms with van der Waals surface area (Å²) in [5, 5.41) is 8.86. The molecule has 2 rings (SSSR count). The van der Waals surface area contributed by atoms with Crippen LogP contribution in [0.4, 0.5) is 4.39 Å². The lowest BCUT2D eigenvalue weighted by molar-refractivity contribution is 0.137. The predicted octanol–water partition coefficient (Wildman–Crippen LogP) is 1.18. The second-order valence-electron chi connectivity index (χ2n) is 4.77. The zero-order chi connectivity index (χ0) is 13.3. The van der Waals surface area contributed by atoms with E-state index in [1.165, 1.54) is 12.1 Å². The summed E-state index contributed by atoms with van der Waals surface area (Å²) < 4.78 is 40.0. The van der Waals surface area contributed by atoms with E-state index >= 15 is 0 Å². The van der Waals surface area contributed by atoms with Crippen LogP contribution < -0.4 is 4.72 Å². The monoisotopic (exact) mass is 273 g/mol. The Morgan fingerprint density at radius 1 is 1.44 bits per heavy atom. The van der Waals surface area contributed by atoms with Gasteiger partial charge in [0.15, 0.2) is 0 Å². The fraction of sp³-hybridized carbons (Fsp3) is 0.500. The van der Waals surface area contributed by atoms with Crippen molar-refractivity contribution in [2.75, 3.05) is 6.61 Å². The van der Waals surface area contributed by atoms with E-state index in [0.717, 1.165) is 0 Å². The lowest BCUT2D eigenvalue weighted by atomic mass is 9.82. The third-order valence-corrected chi connectivity index (χ3v) is 4.75. The van der Waals surface area contributed by atoms with Gasteiger partial charge in [-0.2, -0.15) is 0 Å². The van der Waals surface area contributed by atoms with Crippen LogP contribution in [0.5, 0.6) is 0 Å². The van der Waals surface area contributed by atoms with Crippen LogP contribution >= 0.6 is 0 Å². The predicted molar refractivity (Wildman–Crippen MR) is 65.1 cm³/mol. The topological polar surface area (TPSA) is 66.4 Å². The van der Waals surface area contributed by atoms with Crippen LogP contribution in [0.1, 0.15) is 18.4 Å². The van der Waals surface area contributed by atoms with Crippen LogP contribution in [-0.2, 0) is 10.0 Å². The number of rotatable bonds is 4. The number of hydrogen-bond donors (Lipinski definition) is 2. The zero-order valence-corrected chi connectivity index (χ0v) is 10.9. The Hall–Kier alpha value is -0.980. The molecule has 0 radical (unpaired) electrons. The molecule has 0 aromatic heterocycles. The number of benzene rings is 1. The van der Waals surface area contributed by atoms with Crippen molar-refractivity contribution >= 4 is 10.0 Å². The first-order chi connectivity index (χ1) is 8.42. The van der Waals surface area contributed by atoms with E-state index in [-0.39, 0.29) is 23.5 Å². The largest absolute Gasteiger partial charge is 0.396 e. The van der Waals surface area contributed by atoms with Gasteiger partial charge in [-0.15, -0.1) is 0 Å². The van der Waals surface area contributed by atoms with Crippen molar-refractivity contribution in [3.8, 4) is 0 Å². The second-order valence-corrected chi connectivity index (χ2v) is 6.45. The summed E-state index contributed by atoms with van der Waals surface area (Å²) in [5.41, 5.74) is 0.676. The van der Waals surface area contributed by atoms with Gasteiger partial charge in [-0.05, 0) is 43.4 Å². The normalized spacial score (nSPS) is 23.7. The molecule has 2 N–H and O–H groups in total. The van der Waals surface area contributed by atoms with Gasteiger partial charge in [0.1, 0.15) is 10.7 Å². The van der Waals surface area contributed by atoms with E-state index < -0.39 is 15.8 Å². The average molecular weight is 273 g/mol. The van der Waals surface area contributed by atoms with Crippen molar-refractivity contribution in [1.29, 1.82) is 0 Å². The van der Waals surface area contributed by atoms with Crippen molar-refractivity contribution in [2.24, 2.45) is 5.92 Å². The number of aliphatic hydroxyl groups is 1. The van der Waals surface area contributed by atoms with E-state index in [9.17, 15) is 12.8 Å². The molecular weight excluding hydrogens is 257 g/mol. The smallest absolute Gasteiger partial charge is 0.243 e. The molecule has 0 heterocycles. The fourth-order valence-corrected chi connectivity index (χ4v) is 3.41. The number of sulfonamides is 1. The summed E-state index contributed by atoms with van der Waals surface area (Å²) in [5.74, 6) is -0.582. The number of aryl methyl sites for hydroxylation is 1. The minimum Gasteiger partial charge on any atom is -0.396 e. The standard InChI is InChI=1S/C12H16FNO3S/c1-8-2-3-12(11(13)4-8)18(16,17)14-10-5-9(6-10)7-15/h2-4,9-10,14-15H,5-7H2,1H3. The third kappa shape index (κ3) is 2.71. The van der Waals surface area contributed by atoms with Crippen LogP contribution in [0.15, 0.2) is 23.1 Å². The number of aliphatic hydroxyl groups excluding tert-OH is 1. The Bertz CT molecular complexity index is 538. The minimum atomic E-state index is -3.81. The number of halogens is 1. The van der Waals surface area contributed by atoms with Crippen LogP contribution in [0.2, 0.25) is 0 Å². The van der Waals surface area contributed by atoms with Gasteiger partial charge in [0, 0.05) is 12.6 Å². The highest BCUT2D eigenvalue weighted by Crippen LogP contribution is 2.28. The fourth-order valence-electron chi connectivity index (χ4n) is 2.09. The first-order valence-electron chi connectivity index (χ1n) is 5.81. The first kappa shape index (κ1) is 13.5. The van der Waals surface area contributed by atoms with Gasteiger partial charge >= 0.3 is 0 Å². The van der Waals surface area contributed by atoms with E-state index in [4.69, 9.17) is 5.11 Å².